The lowest BCUT2D eigenvalue weighted by Gasteiger charge is -2.21. The average molecular weight is 435 g/mol. The largest absolute Gasteiger partial charge is 0.348 e. The van der Waals surface area contributed by atoms with Crippen molar-refractivity contribution in [3.8, 4) is 0 Å². The Morgan fingerprint density at radius 3 is 2.22 bits per heavy atom. The quantitative estimate of drug-likeness (QED) is 0.496. The molecular weight excluding hydrogens is 414 g/mol. The van der Waals surface area contributed by atoms with E-state index in [4.69, 9.17) is 0 Å². The van der Waals surface area contributed by atoms with E-state index in [0.717, 1.165) is 16.0 Å². The third kappa shape index (κ3) is 4.02. The van der Waals surface area contributed by atoms with Gasteiger partial charge in [0.15, 0.2) is 0 Å². The van der Waals surface area contributed by atoms with E-state index < -0.39 is 23.5 Å². The fourth-order valence-corrected chi connectivity index (χ4v) is 3.55. The maximum absolute atomic E-state index is 12.5. The molecule has 4 rings (SSSR count). The van der Waals surface area contributed by atoms with E-state index in [1.807, 2.05) is 12.1 Å². The molecule has 2 saturated heterocycles. The van der Waals surface area contributed by atoms with Crippen molar-refractivity contribution in [2.24, 2.45) is 0 Å². The minimum absolute atomic E-state index is 0.0189. The van der Waals surface area contributed by atoms with Crippen LogP contribution in [0.2, 0.25) is 0 Å². The minimum Gasteiger partial charge on any atom is -0.348 e. The van der Waals surface area contributed by atoms with Gasteiger partial charge < -0.3 is 16.0 Å². The lowest BCUT2D eigenvalue weighted by atomic mass is 9.91. The van der Waals surface area contributed by atoms with E-state index in [1.165, 1.54) is 0 Å². The molecule has 1 atom stereocenters. The molecule has 7 amide bonds. The summed E-state index contributed by atoms with van der Waals surface area (Å²) in [7, 11) is 0. The molecule has 0 bridgehead atoms. The number of nitrogens with one attached hydrogen (secondary N) is 4. The van der Waals surface area contributed by atoms with E-state index in [1.54, 1.807) is 43.3 Å². The molecule has 2 aromatic carbocycles. The Balaban J connectivity index is 1.33. The van der Waals surface area contributed by atoms with Gasteiger partial charge >= 0.3 is 12.1 Å². The van der Waals surface area contributed by atoms with Crippen LogP contribution in [0.3, 0.4) is 0 Å². The molecule has 10 nitrogen and oxygen atoms in total. The van der Waals surface area contributed by atoms with Gasteiger partial charge in [0.2, 0.25) is 5.91 Å². The Morgan fingerprint density at radius 1 is 1.00 bits per heavy atom. The van der Waals surface area contributed by atoms with Gasteiger partial charge in [-0.15, -0.1) is 0 Å². The van der Waals surface area contributed by atoms with Crippen LogP contribution in [0.25, 0.3) is 0 Å². The van der Waals surface area contributed by atoms with Crippen LogP contribution in [0.4, 0.5) is 9.59 Å². The number of carbonyl (C=O) groups is 5. The third-order valence-electron chi connectivity index (χ3n) is 5.52. The van der Waals surface area contributed by atoms with Crippen LogP contribution in [0.1, 0.15) is 34.0 Å². The van der Waals surface area contributed by atoms with Gasteiger partial charge in [0, 0.05) is 12.1 Å². The first kappa shape index (κ1) is 21.0. The maximum atomic E-state index is 12.5. The van der Waals surface area contributed by atoms with Crippen molar-refractivity contribution < 1.29 is 24.0 Å². The first-order chi connectivity index (χ1) is 15.3. The summed E-state index contributed by atoms with van der Waals surface area (Å²) in [4.78, 5) is 60.4. The minimum atomic E-state index is -1.17. The van der Waals surface area contributed by atoms with Gasteiger partial charge in [0.05, 0.1) is 13.1 Å². The molecule has 2 aromatic rings. The molecule has 2 aliphatic rings. The second-order valence-electron chi connectivity index (χ2n) is 7.75. The lowest BCUT2D eigenvalue weighted by Crippen LogP contribution is -2.40. The van der Waals surface area contributed by atoms with Crippen molar-refractivity contribution in [3.05, 3.63) is 70.8 Å². The number of hydrogen-bond donors (Lipinski definition) is 4. The predicted molar refractivity (Wildman–Crippen MR) is 112 cm³/mol. The monoisotopic (exact) mass is 435 g/mol. The number of nitrogens with zero attached hydrogens (tertiary/aromatic N) is 1. The summed E-state index contributed by atoms with van der Waals surface area (Å²) in [6.45, 7) is 2.10. The van der Waals surface area contributed by atoms with Crippen LogP contribution >= 0.6 is 0 Å². The summed E-state index contributed by atoms with van der Waals surface area (Å²) >= 11 is 0. The Hall–Kier alpha value is -4.21. The molecule has 0 spiro atoms. The summed E-state index contributed by atoms with van der Waals surface area (Å²) in [5, 5.41) is 10.1. The number of rotatable bonds is 6. The predicted octanol–water partition coefficient (Wildman–Crippen LogP) is 0.723. The highest BCUT2D eigenvalue weighted by atomic mass is 16.2. The number of amides is 7. The van der Waals surface area contributed by atoms with Gasteiger partial charge in [-0.05, 0) is 35.7 Å². The molecule has 1 unspecified atom stereocenters. The molecule has 2 aliphatic heterocycles. The van der Waals surface area contributed by atoms with E-state index in [0.29, 0.717) is 17.7 Å². The van der Waals surface area contributed by atoms with Crippen LogP contribution in [-0.4, -0.2) is 41.2 Å². The summed E-state index contributed by atoms with van der Waals surface area (Å²) in [6, 6.07) is 12.7. The molecule has 0 aliphatic carbocycles. The topological polar surface area (TPSA) is 137 Å². The molecule has 10 heteroatoms. The number of benzene rings is 2. The normalized spacial score (nSPS) is 20.1. The first-order valence-electron chi connectivity index (χ1n) is 9.94. The van der Waals surface area contributed by atoms with Gasteiger partial charge in [-0.2, -0.15) is 0 Å². The van der Waals surface area contributed by atoms with Crippen molar-refractivity contribution in [2.75, 3.05) is 6.54 Å². The van der Waals surface area contributed by atoms with Gasteiger partial charge in [-0.25, -0.2) is 9.59 Å². The Kier molecular flexibility index (Phi) is 5.35. The molecule has 2 fully saturated rings. The highest BCUT2D eigenvalue weighted by molar-refractivity contribution is 6.07. The van der Waals surface area contributed by atoms with Crippen molar-refractivity contribution >= 4 is 29.8 Å². The zero-order valence-electron chi connectivity index (χ0n) is 17.2. The molecule has 4 N–H and O–H groups in total. The van der Waals surface area contributed by atoms with Crippen LogP contribution < -0.4 is 21.3 Å². The molecule has 0 aromatic heterocycles. The lowest BCUT2D eigenvalue weighted by molar-refractivity contribution is -0.125. The highest BCUT2D eigenvalue weighted by Crippen LogP contribution is 2.24. The molecular formula is C22H21N5O5. The summed E-state index contributed by atoms with van der Waals surface area (Å²) < 4.78 is 0. The second-order valence-corrected chi connectivity index (χ2v) is 7.75. The van der Waals surface area contributed by atoms with Gasteiger partial charge in [-0.1, -0.05) is 36.4 Å². The number of carbonyl (C=O) groups excluding carboxylic acids is 5. The number of imide groups is 2. The SMILES string of the molecule is CC1(c2ccc(C(=O)NCc3ccc(CN4C(=O)CNC4=O)cc3)cc2)NC(=O)NC1=O. The molecule has 0 radical (unpaired) electrons. The van der Waals surface area contributed by atoms with Crippen molar-refractivity contribution in [1.82, 2.24) is 26.2 Å². The van der Waals surface area contributed by atoms with Crippen LogP contribution in [0, 0.1) is 0 Å². The highest BCUT2D eigenvalue weighted by Gasteiger charge is 2.43. The number of hydrogen-bond acceptors (Lipinski definition) is 5. The van der Waals surface area contributed by atoms with Crippen LogP contribution in [-0.2, 0) is 28.2 Å². The van der Waals surface area contributed by atoms with E-state index in [-0.39, 0.29) is 24.9 Å². The second kappa shape index (κ2) is 8.14. The standard InChI is InChI=1S/C22H21N5O5/c1-22(19(30)25-20(31)26-22)16-8-6-15(7-9-16)18(29)23-10-13-2-4-14(5-3-13)12-27-17(28)11-24-21(27)32/h2-9H,10-12H2,1H3,(H,23,29)(H,24,32)(H2,25,26,30,31). The Labute approximate surface area is 183 Å². The average Bonchev–Trinajstić information content (AvgIpc) is 3.24. The Morgan fingerprint density at radius 2 is 1.66 bits per heavy atom. The van der Waals surface area contributed by atoms with Crippen molar-refractivity contribution in [2.45, 2.75) is 25.6 Å². The van der Waals surface area contributed by atoms with Gasteiger partial charge in [0.25, 0.3) is 11.8 Å². The fraction of sp³-hybridized carbons (Fsp3) is 0.227. The Bertz CT molecular complexity index is 1100. The first-order valence-corrected chi connectivity index (χ1v) is 9.94. The molecule has 32 heavy (non-hydrogen) atoms. The fourth-order valence-electron chi connectivity index (χ4n) is 3.55. The van der Waals surface area contributed by atoms with E-state index in [2.05, 4.69) is 21.3 Å². The van der Waals surface area contributed by atoms with Crippen LogP contribution in [0.15, 0.2) is 48.5 Å². The molecule has 164 valence electrons. The zero-order valence-corrected chi connectivity index (χ0v) is 17.2. The maximum Gasteiger partial charge on any atom is 0.324 e. The molecule has 0 saturated carbocycles. The van der Waals surface area contributed by atoms with Gasteiger partial charge in [-0.3, -0.25) is 24.6 Å². The van der Waals surface area contributed by atoms with E-state index in [9.17, 15) is 24.0 Å². The summed E-state index contributed by atoms with van der Waals surface area (Å²) in [5.74, 6) is -0.995. The van der Waals surface area contributed by atoms with Gasteiger partial charge in [0.1, 0.15) is 5.54 Å². The number of urea groups is 2. The van der Waals surface area contributed by atoms with Crippen molar-refractivity contribution in [1.29, 1.82) is 0 Å². The smallest absolute Gasteiger partial charge is 0.324 e. The summed E-state index contributed by atoms with van der Waals surface area (Å²) in [6.07, 6.45) is 0. The zero-order chi connectivity index (χ0) is 22.9. The molecule has 2 heterocycles. The van der Waals surface area contributed by atoms with E-state index >= 15 is 0 Å². The third-order valence-corrected chi connectivity index (χ3v) is 5.52. The summed E-state index contributed by atoms with van der Waals surface area (Å²) in [5.41, 5.74) is 1.47. The van der Waals surface area contributed by atoms with Crippen molar-refractivity contribution in [3.63, 3.8) is 0 Å². The van der Waals surface area contributed by atoms with Crippen LogP contribution in [0.5, 0.6) is 0 Å².